The summed E-state index contributed by atoms with van der Waals surface area (Å²) in [5, 5.41) is 10.5. The van der Waals surface area contributed by atoms with Crippen LogP contribution < -0.4 is 5.73 Å². The summed E-state index contributed by atoms with van der Waals surface area (Å²) in [6.07, 6.45) is -0.964. The number of halogens is 1. The van der Waals surface area contributed by atoms with Crippen molar-refractivity contribution >= 4 is 40.2 Å². The molecule has 1 atom stereocenters. The van der Waals surface area contributed by atoms with Gasteiger partial charge in [0.05, 0.1) is 16.2 Å². The summed E-state index contributed by atoms with van der Waals surface area (Å²) in [5.41, 5.74) is 9.12. The standard InChI is InChI=1S/C22H21ClN4O3/c1-13-12-26(8-9-27(13)22(29)30)21(28)15-4-7-17-18(23)11-19(25-20(17)10-15)14-2-5-16(24)6-3-14/h2-7,10-11,13H,8-9,12,24H2,1H3,(H,29,30). The maximum atomic E-state index is 13.0. The molecular weight excluding hydrogens is 404 g/mol. The minimum absolute atomic E-state index is 0.149. The molecule has 0 saturated carbocycles. The summed E-state index contributed by atoms with van der Waals surface area (Å²) >= 11 is 6.47. The van der Waals surface area contributed by atoms with Crippen molar-refractivity contribution in [2.24, 2.45) is 0 Å². The lowest BCUT2D eigenvalue weighted by Gasteiger charge is -2.38. The Balaban J connectivity index is 1.64. The molecule has 1 fully saturated rings. The molecule has 1 aliphatic heterocycles. The lowest BCUT2D eigenvalue weighted by atomic mass is 10.1. The predicted octanol–water partition coefficient (Wildman–Crippen LogP) is 3.96. The second-order valence-corrected chi connectivity index (χ2v) is 7.83. The number of anilines is 1. The Labute approximate surface area is 178 Å². The number of carbonyl (C=O) groups excluding carboxylic acids is 1. The van der Waals surface area contributed by atoms with Crippen LogP contribution in [0.4, 0.5) is 10.5 Å². The van der Waals surface area contributed by atoms with Crippen LogP contribution in [0.5, 0.6) is 0 Å². The van der Waals surface area contributed by atoms with Gasteiger partial charge in [0.15, 0.2) is 0 Å². The fourth-order valence-corrected chi connectivity index (χ4v) is 3.99. The number of piperazine rings is 1. The quantitative estimate of drug-likeness (QED) is 0.606. The molecule has 2 heterocycles. The van der Waals surface area contributed by atoms with E-state index in [2.05, 4.69) is 0 Å². The number of hydrogen-bond donors (Lipinski definition) is 2. The van der Waals surface area contributed by atoms with Gasteiger partial charge in [-0.05, 0) is 37.3 Å². The zero-order valence-electron chi connectivity index (χ0n) is 16.4. The van der Waals surface area contributed by atoms with Gasteiger partial charge >= 0.3 is 6.09 Å². The molecule has 3 aromatic rings. The molecule has 1 unspecified atom stereocenters. The smallest absolute Gasteiger partial charge is 0.407 e. The average molecular weight is 425 g/mol. The van der Waals surface area contributed by atoms with Crippen molar-refractivity contribution in [3.05, 3.63) is 59.1 Å². The monoisotopic (exact) mass is 424 g/mol. The molecule has 154 valence electrons. The highest BCUT2D eigenvalue weighted by molar-refractivity contribution is 6.35. The highest BCUT2D eigenvalue weighted by atomic mass is 35.5. The lowest BCUT2D eigenvalue weighted by molar-refractivity contribution is 0.0507. The van der Waals surface area contributed by atoms with Crippen LogP contribution >= 0.6 is 11.6 Å². The summed E-state index contributed by atoms with van der Waals surface area (Å²) in [6, 6.07) is 14.1. The van der Waals surface area contributed by atoms with E-state index in [1.165, 1.54) is 4.90 Å². The van der Waals surface area contributed by atoms with Crippen LogP contribution in [-0.4, -0.2) is 57.6 Å². The summed E-state index contributed by atoms with van der Waals surface area (Å²) < 4.78 is 0. The van der Waals surface area contributed by atoms with Gasteiger partial charge < -0.3 is 20.6 Å². The van der Waals surface area contributed by atoms with E-state index in [-0.39, 0.29) is 11.9 Å². The van der Waals surface area contributed by atoms with Gasteiger partial charge in [-0.1, -0.05) is 29.8 Å². The molecule has 0 spiro atoms. The number of nitrogens with zero attached hydrogens (tertiary/aromatic N) is 3. The van der Waals surface area contributed by atoms with Gasteiger partial charge in [0.1, 0.15) is 0 Å². The van der Waals surface area contributed by atoms with E-state index >= 15 is 0 Å². The van der Waals surface area contributed by atoms with Crippen LogP contribution in [0.15, 0.2) is 48.5 Å². The topological polar surface area (TPSA) is 99.8 Å². The minimum atomic E-state index is -0.964. The van der Waals surface area contributed by atoms with Crippen molar-refractivity contribution in [1.29, 1.82) is 0 Å². The summed E-state index contributed by atoms with van der Waals surface area (Å²) in [5.74, 6) is -0.149. The Kier molecular flexibility index (Phi) is 5.22. The first-order valence-corrected chi connectivity index (χ1v) is 9.96. The highest BCUT2D eigenvalue weighted by Crippen LogP contribution is 2.29. The van der Waals surface area contributed by atoms with Crippen molar-refractivity contribution in [3.8, 4) is 11.3 Å². The number of nitrogen functional groups attached to an aromatic ring is 1. The SMILES string of the molecule is CC1CN(C(=O)c2ccc3c(Cl)cc(-c4ccc(N)cc4)nc3c2)CCN1C(=O)O. The fraction of sp³-hybridized carbons (Fsp3) is 0.227. The number of benzene rings is 2. The van der Waals surface area contributed by atoms with Crippen molar-refractivity contribution < 1.29 is 14.7 Å². The third kappa shape index (κ3) is 3.76. The van der Waals surface area contributed by atoms with Gasteiger partial charge in [-0.25, -0.2) is 9.78 Å². The van der Waals surface area contributed by atoms with Gasteiger partial charge in [-0.15, -0.1) is 0 Å². The molecule has 1 aromatic heterocycles. The highest BCUT2D eigenvalue weighted by Gasteiger charge is 2.30. The molecule has 2 amide bonds. The van der Waals surface area contributed by atoms with Crippen LogP contribution in [0, 0.1) is 0 Å². The molecule has 30 heavy (non-hydrogen) atoms. The van der Waals surface area contributed by atoms with Crippen LogP contribution in [-0.2, 0) is 0 Å². The second-order valence-electron chi connectivity index (χ2n) is 7.42. The molecule has 2 aromatic carbocycles. The third-order valence-corrected chi connectivity index (χ3v) is 5.69. The van der Waals surface area contributed by atoms with E-state index in [1.807, 2.05) is 12.1 Å². The first kappa shape index (κ1) is 20.0. The van der Waals surface area contributed by atoms with Crippen LogP contribution in [0.2, 0.25) is 5.02 Å². The van der Waals surface area contributed by atoms with E-state index in [0.717, 1.165) is 10.9 Å². The predicted molar refractivity (Wildman–Crippen MR) is 117 cm³/mol. The summed E-state index contributed by atoms with van der Waals surface area (Å²) in [6.45, 7) is 2.80. The molecule has 4 rings (SSSR count). The number of carboxylic acid groups (broad SMARTS) is 1. The van der Waals surface area contributed by atoms with E-state index in [0.29, 0.717) is 47.1 Å². The van der Waals surface area contributed by atoms with Gasteiger partial charge in [0, 0.05) is 47.9 Å². The molecule has 1 saturated heterocycles. The first-order valence-electron chi connectivity index (χ1n) is 9.58. The zero-order valence-corrected chi connectivity index (χ0v) is 17.1. The van der Waals surface area contributed by atoms with Crippen LogP contribution in [0.1, 0.15) is 17.3 Å². The molecular formula is C22H21ClN4O3. The molecule has 0 bridgehead atoms. The van der Waals surface area contributed by atoms with Crippen molar-refractivity contribution in [2.75, 3.05) is 25.4 Å². The minimum Gasteiger partial charge on any atom is -0.465 e. The van der Waals surface area contributed by atoms with Crippen LogP contribution in [0.25, 0.3) is 22.2 Å². The fourth-order valence-electron chi connectivity index (χ4n) is 3.73. The van der Waals surface area contributed by atoms with Gasteiger partial charge in [-0.3, -0.25) is 4.79 Å². The Hall–Kier alpha value is -3.32. The number of fused-ring (bicyclic) bond motifs is 1. The Morgan fingerprint density at radius 2 is 1.87 bits per heavy atom. The molecule has 1 aliphatic rings. The molecule has 0 aliphatic carbocycles. The van der Waals surface area contributed by atoms with Crippen molar-refractivity contribution in [2.45, 2.75) is 13.0 Å². The number of hydrogen-bond acceptors (Lipinski definition) is 4. The maximum absolute atomic E-state index is 13.0. The zero-order chi connectivity index (χ0) is 21.4. The number of aromatic nitrogens is 1. The maximum Gasteiger partial charge on any atom is 0.407 e. The third-order valence-electron chi connectivity index (χ3n) is 5.37. The van der Waals surface area contributed by atoms with E-state index < -0.39 is 6.09 Å². The Bertz CT molecular complexity index is 1130. The molecule has 7 nitrogen and oxygen atoms in total. The summed E-state index contributed by atoms with van der Waals surface area (Å²) in [7, 11) is 0. The molecule has 3 N–H and O–H groups in total. The van der Waals surface area contributed by atoms with Crippen molar-refractivity contribution in [3.63, 3.8) is 0 Å². The summed E-state index contributed by atoms with van der Waals surface area (Å²) in [4.78, 5) is 32.0. The number of rotatable bonds is 2. The first-order chi connectivity index (χ1) is 14.3. The van der Waals surface area contributed by atoms with E-state index in [1.54, 1.807) is 48.2 Å². The van der Waals surface area contributed by atoms with E-state index in [4.69, 9.17) is 22.3 Å². The number of carbonyl (C=O) groups is 2. The Morgan fingerprint density at radius 3 is 2.53 bits per heavy atom. The molecule has 8 heteroatoms. The molecule has 0 radical (unpaired) electrons. The number of amides is 2. The largest absolute Gasteiger partial charge is 0.465 e. The average Bonchev–Trinajstić information content (AvgIpc) is 2.73. The van der Waals surface area contributed by atoms with E-state index in [9.17, 15) is 14.7 Å². The normalized spacial score (nSPS) is 16.7. The second kappa shape index (κ2) is 7.84. The van der Waals surface area contributed by atoms with Crippen molar-refractivity contribution in [1.82, 2.24) is 14.8 Å². The van der Waals surface area contributed by atoms with Gasteiger partial charge in [0.2, 0.25) is 0 Å². The van der Waals surface area contributed by atoms with Gasteiger partial charge in [0.25, 0.3) is 5.91 Å². The van der Waals surface area contributed by atoms with Crippen LogP contribution in [0.3, 0.4) is 0 Å². The number of nitrogens with two attached hydrogens (primary N) is 1. The number of pyridine rings is 1. The Morgan fingerprint density at radius 1 is 1.13 bits per heavy atom. The lowest BCUT2D eigenvalue weighted by Crippen LogP contribution is -2.55. The van der Waals surface area contributed by atoms with Gasteiger partial charge in [-0.2, -0.15) is 0 Å².